The highest BCUT2D eigenvalue weighted by Crippen LogP contribution is 2.29. The van der Waals surface area contributed by atoms with E-state index in [1.165, 1.54) is 25.3 Å². The van der Waals surface area contributed by atoms with Crippen molar-refractivity contribution in [1.29, 1.82) is 0 Å². The maximum atomic E-state index is 5.48. The molecule has 0 amide bonds. The van der Waals surface area contributed by atoms with Gasteiger partial charge in [-0.25, -0.2) is 0 Å². The first kappa shape index (κ1) is 12.2. The minimum atomic E-state index is -0.213. The molecule has 1 rings (SSSR count). The van der Waals surface area contributed by atoms with Crippen LogP contribution < -0.4 is 0 Å². The van der Waals surface area contributed by atoms with Gasteiger partial charge in [0.1, 0.15) is 5.91 Å². The van der Waals surface area contributed by atoms with Crippen molar-refractivity contribution in [3.05, 3.63) is 0 Å². The van der Waals surface area contributed by atoms with Crippen molar-refractivity contribution in [2.24, 2.45) is 0 Å². The van der Waals surface area contributed by atoms with Crippen molar-refractivity contribution in [1.82, 2.24) is 0 Å². The Morgan fingerprint density at radius 2 is 2.00 bits per heavy atom. The predicted molar refractivity (Wildman–Crippen MR) is 59.3 cm³/mol. The molecule has 0 saturated carbocycles. The summed E-state index contributed by atoms with van der Waals surface area (Å²) in [7, 11) is 3.23. The molecule has 1 aliphatic heterocycles. The summed E-state index contributed by atoms with van der Waals surface area (Å²) in [6, 6.07) is 1.29. The standard InChI is InChI=1S/C10H22O3Si/c1-4-8-9(13-8)6-5-7-14-10(11-2)12-3/h8-10H,4-7,14H2,1-3H3. The van der Waals surface area contributed by atoms with Crippen LogP contribution in [0.5, 0.6) is 0 Å². The third-order valence-corrected chi connectivity index (χ3v) is 4.84. The highest BCUT2D eigenvalue weighted by Gasteiger charge is 2.35. The zero-order valence-electron chi connectivity index (χ0n) is 9.49. The first-order chi connectivity index (χ1) is 6.81. The summed E-state index contributed by atoms with van der Waals surface area (Å²) in [4.78, 5) is 0. The third-order valence-electron chi connectivity index (χ3n) is 2.79. The Balaban J connectivity index is 1.89. The fourth-order valence-electron chi connectivity index (χ4n) is 1.78. The summed E-state index contributed by atoms with van der Waals surface area (Å²) in [5.74, 6) is 0.108. The van der Waals surface area contributed by atoms with Gasteiger partial charge in [0.15, 0.2) is 0 Å². The Kier molecular flexibility index (Phi) is 5.70. The quantitative estimate of drug-likeness (QED) is 0.265. The van der Waals surface area contributed by atoms with Crippen LogP contribution >= 0.6 is 0 Å². The van der Waals surface area contributed by atoms with Gasteiger partial charge < -0.3 is 14.2 Å². The van der Waals surface area contributed by atoms with Crippen LogP contribution in [0.2, 0.25) is 6.04 Å². The van der Waals surface area contributed by atoms with Crippen molar-refractivity contribution in [3.8, 4) is 0 Å². The lowest BCUT2D eigenvalue weighted by Crippen LogP contribution is -2.21. The second kappa shape index (κ2) is 6.56. The Morgan fingerprint density at radius 3 is 2.50 bits per heavy atom. The second-order valence-corrected chi connectivity index (χ2v) is 5.76. The average Bonchev–Trinajstić information content (AvgIpc) is 2.97. The summed E-state index contributed by atoms with van der Waals surface area (Å²) in [5.41, 5.74) is 0. The molecule has 0 aromatic rings. The summed E-state index contributed by atoms with van der Waals surface area (Å²) < 4.78 is 15.8. The number of epoxide rings is 1. The molecule has 2 unspecified atom stereocenters. The first-order valence-corrected chi connectivity index (χ1v) is 7.34. The zero-order chi connectivity index (χ0) is 10.4. The maximum absolute atomic E-state index is 5.48. The van der Waals surface area contributed by atoms with Gasteiger partial charge in [-0.3, -0.25) is 0 Å². The molecule has 0 radical (unpaired) electrons. The lowest BCUT2D eigenvalue weighted by Gasteiger charge is -2.11. The SMILES string of the molecule is CCC1OC1CCC[SiH2]C(OC)OC. The van der Waals surface area contributed by atoms with E-state index in [0.29, 0.717) is 12.2 Å². The van der Waals surface area contributed by atoms with Crippen LogP contribution in [0.3, 0.4) is 0 Å². The van der Waals surface area contributed by atoms with Crippen molar-refractivity contribution < 1.29 is 14.2 Å². The molecule has 2 atom stereocenters. The van der Waals surface area contributed by atoms with E-state index in [-0.39, 0.29) is 15.4 Å². The lowest BCUT2D eigenvalue weighted by atomic mass is 10.2. The van der Waals surface area contributed by atoms with Gasteiger partial charge in [-0.2, -0.15) is 0 Å². The Morgan fingerprint density at radius 1 is 1.29 bits per heavy atom. The van der Waals surface area contributed by atoms with Crippen LogP contribution in [-0.4, -0.2) is 41.9 Å². The van der Waals surface area contributed by atoms with Crippen LogP contribution in [0, 0.1) is 0 Å². The normalized spacial score (nSPS) is 26.6. The van der Waals surface area contributed by atoms with E-state index in [1.54, 1.807) is 14.2 Å². The van der Waals surface area contributed by atoms with Gasteiger partial charge in [-0.15, -0.1) is 0 Å². The molecule has 1 fully saturated rings. The number of methoxy groups -OCH3 is 2. The Labute approximate surface area is 88.9 Å². The Bertz CT molecular complexity index is 150. The van der Waals surface area contributed by atoms with E-state index in [0.717, 1.165) is 0 Å². The number of rotatable bonds is 8. The summed E-state index contributed by atoms with van der Waals surface area (Å²) in [6.07, 6.45) is 4.80. The van der Waals surface area contributed by atoms with Gasteiger partial charge in [0.25, 0.3) is 0 Å². The maximum Gasteiger partial charge on any atom is 0.134 e. The average molecular weight is 218 g/mol. The van der Waals surface area contributed by atoms with Crippen LogP contribution in [0.4, 0.5) is 0 Å². The summed E-state index contributed by atoms with van der Waals surface area (Å²) in [5, 5.41) is 0. The highest BCUT2D eigenvalue weighted by molar-refractivity contribution is 6.36. The van der Waals surface area contributed by atoms with Crippen molar-refractivity contribution >= 4 is 9.52 Å². The van der Waals surface area contributed by atoms with Gasteiger partial charge >= 0.3 is 0 Å². The van der Waals surface area contributed by atoms with Crippen LogP contribution in [0.15, 0.2) is 0 Å². The molecule has 14 heavy (non-hydrogen) atoms. The fraction of sp³-hybridized carbons (Fsp3) is 1.00. The smallest absolute Gasteiger partial charge is 0.134 e. The van der Waals surface area contributed by atoms with Crippen molar-refractivity contribution in [2.45, 2.75) is 50.4 Å². The molecule has 1 heterocycles. The van der Waals surface area contributed by atoms with Gasteiger partial charge in [-0.05, 0) is 12.8 Å². The largest absolute Gasteiger partial charge is 0.370 e. The molecule has 0 spiro atoms. The van der Waals surface area contributed by atoms with E-state index in [2.05, 4.69) is 6.92 Å². The van der Waals surface area contributed by atoms with Gasteiger partial charge in [0.2, 0.25) is 0 Å². The molecular weight excluding hydrogens is 196 g/mol. The third kappa shape index (κ3) is 4.08. The molecule has 1 aliphatic rings. The molecule has 0 aromatic heterocycles. The lowest BCUT2D eigenvalue weighted by molar-refractivity contribution is -0.0441. The number of hydrogen-bond acceptors (Lipinski definition) is 3. The zero-order valence-corrected chi connectivity index (χ0v) is 10.9. The summed E-state index contributed by atoms with van der Waals surface area (Å²) in [6.45, 7) is 2.19. The number of ether oxygens (including phenoxy) is 3. The topological polar surface area (TPSA) is 31.0 Å². The highest BCUT2D eigenvalue weighted by atomic mass is 28.2. The minimum Gasteiger partial charge on any atom is -0.370 e. The molecule has 3 nitrogen and oxygen atoms in total. The molecule has 0 N–H and O–H groups in total. The van der Waals surface area contributed by atoms with E-state index in [9.17, 15) is 0 Å². The van der Waals surface area contributed by atoms with E-state index < -0.39 is 0 Å². The molecular formula is C10H22O3Si. The van der Waals surface area contributed by atoms with Crippen LogP contribution in [0.1, 0.15) is 26.2 Å². The molecule has 4 heteroatoms. The van der Waals surface area contributed by atoms with Crippen molar-refractivity contribution in [3.63, 3.8) is 0 Å². The fourth-order valence-corrected chi connectivity index (χ4v) is 3.16. The molecule has 84 valence electrons. The molecule has 1 saturated heterocycles. The molecule has 0 aliphatic carbocycles. The molecule has 0 aromatic carbocycles. The minimum absolute atomic E-state index is 0.108. The first-order valence-electron chi connectivity index (χ1n) is 5.52. The molecule has 0 bridgehead atoms. The van der Waals surface area contributed by atoms with E-state index in [4.69, 9.17) is 14.2 Å². The number of hydrogen-bond donors (Lipinski definition) is 0. The van der Waals surface area contributed by atoms with E-state index in [1.807, 2.05) is 0 Å². The second-order valence-electron chi connectivity index (χ2n) is 3.81. The van der Waals surface area contributed by atoms with Gasteiger partial charge in [0.05, 0.1) is 21.7 Å². The van der Waals surface area contributed by atoms with E-state index >= 15 is 0 Å². The van der Waals surface area contributed by atoms with Crippen molar-refractivity contribution in [2.75, 3.05) is 14.2 Å². The van der Waals surface area contributed by atoms with Gasteiger partial charge in [0, 0.05) is 14.2 Å². The van der Waals surface area contributed by atoms with Gasteiger partial charge in [-0.1, -0.05) is 19.4 Å². The summed E-state index contributed by atoms with van der Waals surface area (Å²) >= 11 is 0. The monoisotopic (exact) mass is 218 g/mol. The predicted octanol–water partition coefficient (Wildman–Crippen LogP) is 1.11. The van der Waals surface area contributed by atoms with Crippen LogP contribution in [0.25, 0.3) is 0 Å². The van der Waals surface area contributed by atoms with Crippen LogP contribution in [-0.2, 0) is 14.2 Å². The Hall–Kier alpha value is 0.0969.